The monoisotopic (exact) mass is 550 g/mol. The van der Waals surface area contributed by atoms with E-state index in [1.807, 2.05) is 24.3 Å². The average molecular weight is 551 g/mol. The molecule has 3 heterocycles. The maximum absolute atomic E-state index is 14.7. The minimum absolute atomic E-state index is 0.165. The summed E-state index contributed by atoms with van der Waals surface area (Å²) in [6.07, 6.45) is 11.8. The van der Waals surface area contributed by atoms with Crippen LogP contribution in [0, 0.1) is 17.7 Å². The molecule has 10 heteroatoms. The van der Waals surface area contributed by atoms with Gasteiger partial charge in [-0.25, -0.2) is 9.07 Å². The summed E-state index contributed by atoms with van der Waals surface area (Å²) >= 11 is 0. The summed E-state index contributed by atoms with van der Waals surface area (Å²) < 4.78 is 21.7. The van der Waals surface area contributed by atoms with Crippen LogP contribution in [-0.2, 0) is 11.2 Å². The topological polar surface area (TPSA) is 120 Å². The number of benzene rings is 2. The fourth-order valence-corrected chi connectivity index (χ4v) is 5.24. The molecule has 0 aliphatic heterocycles. The number of carboxylic acid groups (broad SMARTS) is 1. The first-order chi connectivity index (χ1) is 20.1. The van der Waals surface area contributed by atoms with Crippen molar-refractivity contribution in [3.63, 3.8) is 0 Å². The highest BCUT2D eigenvalue weighted by atomic mass is 19.1. The van der Waals surface area contributed by atoms with E-state index in [1.54, 1.807) is 42.7 Å². The lowest BCUT2D eigenvalue weighted by Crippen LogP contribution is -2.09. The van der Waals surface area contributed by atoms with Gasteiger partial charge in [0.25, 0.3) is 5.89 Å². The van der Waals surface area contributed by atoms with Gasteiger partial charge in [0.1, 0.15) is 17.2 Å². The molecule has 1 N–H and O–H groups in total. The predicted molar refractivity (Wildman–Crippen MR) is 149 cm³/mol. The van der Waals surface area contributed by atoms with Gasteiger partial charge >= 0.3 is 5.97 Å². The third kappa shape index (κ3) is 5.67. The first-order valence-corrected chi connectivity index (χ1v) is 13.5. The Labute approximate surface area is 235 Å². The van der Waals surface area contributed by atoms with Gasteiger partial charge in [-0.3, -0.25) is 9.78 Å². The lowest BCUT2D eigenvalue weighted by atomic mass is 10.0. The molecule has 3 aromatic heterocycles. The molecule has 0 bridgehead atoms. The first-order valence-electron chi connectivity index (χ1n) is 13.5. The molecule has 2 atom stereocenters. The van der Waals surface area contributed by atoms with Gasteiger partial charge in [0.2, 0.25) is 5.82 Å². The predicted octanol–water partition coefficient (Wildman–Crippen LogP) is 6.18. The number of hydrogen-bond donors (Lipinski definition) is 1. The van der Waals surface area contributed by atoms with E-state index in [0.717, 1.165) is 48.8 Å². The van der Waals surface area contributed by atoms with Gasteiger partial charge < -0.3 is 9.63 Å². The van der Waals surface area contributed by atoms with E-state index in [-0.39, 0.29) is 17.5 Å². The van der Waals surface area contributed by atoms with Gasteiger partial charge in [-0.15, -0.1) is 5.10 Å². The zero-order valence-electron chi connectivity index (χ0n) is 22.1. The highest BCUT2D eigenvalue weighted by molar-refractivity contribution is 5.76. The molecule has 5 aromatic rings. The summed E-state index contributed by atoms with van der Waals surface area (Å²) in [6, 6.07) is 17.8. The first kappa shape index (κ1) is 26.2. The highest BCUT2D eigenvalue weighted by Gasteiger charge is 2.28. The van der Waals surface area contributed by atoms with E-state index in [0.29, 0.717) is 23.1 Å². The number of allylic oxidation sites excluding steroid dienone is 2. The highest BCUT2D eigenvalue weighted by Crippen LogP contribution is 2.34. The zero-order chi connectivity index (χ0) is 28.2. The minimum atomic E-state index is -0.673. The molecule has 1 saturated carbocycles. The standard InChI is InChI=1S/C31H27FN6O3/c32-25-7-3-4-8-26(25)38-28(22-15-17-33-18-16-22)27(35-37-38)30-34-29(36-41-30)23-12-9-20(10-13-23)5-1-2-6-21-11-14-24(19-21)31(39)40/h1-4,7-10,12-13,15-18,21,24H,5-6,11,14,19H2,(H,39,40)/b2-1+/t21?,24-/m0/s1. The van der Waals surface area contributed by atoms with Crippen molar-refractivity contribution in [2.24, 2.45) is 11.8 Å². The summed E-state index contributed by atoms with van der Waals surface area (Å²) in [6.45, 7) is 0. The Balaban J connectivity index is 1.18. The summed E-state index contributed by atoms with van der Waals surface area (Å²) in [7, 11) is 0. The molecule has 2 aromatic carbocycles. The number of hydrogen-bond acceptors (Lipinski definition) is 7. The number of nitrogens with zero attached hydrogens (tertiary/aromatic N) is 6. The van der Waals surface area contributed by atoms with Crippen LogP contribution >= 0.6 is 0 Å². The van der Waals surface area contributed by atoms with Crippen molar-refractivity contribution in [1.29, 1.82) is 0 Å². The van der Waals surface area contributed by atoms with Crippen LogP contribution < -0.4 is 0 Å². The molecule has 41 heavy (non-hydrogen) atoms. The third-order valence-corrected chi connectivity index (χ3v) is 7.43. The number of aliphatic carboxylic acids is 1. The smallest absolute Gasteiger partial charge is 0.306 e. The van der Waals surface area contributed by atoms with Crippen LogP contribution in [-0.4, -0.2) is 41.2 Å². The Morgan fingerprint density at radius 1 is 1.02 bits per heavy atom. The van der Waals surface area contributed by atoms with Crippen molar-refractivity contribution >= 4 is 5.97 Å². The molecule has 1 aliphatic rings. The summed E-state index contributed by atoms with van der Waals surface area (Å²) in [5, 5.41) is 21.8. The van der Waals surface area contributed by atoms with Gasteiger partial charge in [-0.05, 0) is 67.9 Å². The van der Waals surface area contributed by atoms with Gasteiger partial charge in [0, 0.05) is 23.5 Å². The van der Waals surface area contributed by atoms with Crippen LogP contribution in [0.2, 0.25) is 0 Å². The molecule has 206 valence electrons. The van der Waals surface area contributed by atoms with Crippen LogP contribution in [0.5, 0.6) is 0 Å². The largest absolute Gasteiger partial charge is 0.481 e. The Morgan fingerprint density at radius 2 is 1.83 bits per heavy atom. The number of rotatable bonds is 9. The molecule has 6 rings (SSSR count). The summed E-state index contributed by atoms with van der Waals surface area (Å²) in [4.78, 5) is 19.8. The van der Waals surface area contributed by atoms with Gasteiger partial charge in [-0.2, -0.15) is 4.98 Å². The van der Waals surface area contributed by atoms with Crippen molar-refractivity contribution in [2.45, 2.75) is 32.1 Å². The van der Waals surface area contributed by atoms with E-state index in [2.05, 4.69) is 37.6 Å². The summed E-state index contributed by atoms with van der Waals surface area (Å²) in [5.41, 5.74) is 3.72. The average Bonchev–Trinajstić information content (AvgIpc) is 3.76. The number of carbonyl (C=O) groups is 1. The molecule has 0 radical (unpaired) electrons. The Kier molecular flexibility index (Phi) is 7.44. The van der Waals surface area contributed by atoms with Crippen molar-refractivity contribution < 1.29 is 18.8 Å². The number of pyridine rings is 1. The maximum atomic E-state index is 14.7. The fourth-order valence-electron chi connectivity index (χ4n) is 5.24. The van der Waals surface area contributed by atoms with Crippen molar-refractivity contribution in [3.8, 4) is 39.9 Å². The number of halogens is 1. The van der Waals surface area contributed by atoms with Crippen LogP contribution in [0.3, 0.4) is 0 Å². The lowest BCUT2D eigenvalue weighted by molar-refractivity contribution is -0.141. The van der Waals surface area contributed by atoms with Gasteiger partial charge in [0.05, 0.1) is 5.92 Å². The molecular formula is C31H27FN6O3. The second-order valence-electron chi connectivity index (χ2n) is 10.1. The molecular weight excluding hydrogens is 523 g/mol. The third-order valence-electron chi connectivity index (χ3n) is 7.43. The SMILES string of the molecule is O=C(O)[C@H]1CCC(C/C=C/Cc2ccc(-c3noc(-c4nnn(-c5ccccc5F)c4-c4ccncc4)n3)cc2)C1. The molecule has 0 amide bonds. The van der Waals surface area contributed by atoms with E-state index in [4.69, 9.17) is 4.52 Å². The van der Waals surface area contributed by atoms with Gasteiger partial charge in [-0.1, -0.05) is 58.9 Å². The fraction of sp³-hybridized carbons (Fsp3) is 0.226. The van der Waals surface area contributed by atoms with Crippen molar-refractivity contribution in [3.05, 3.63) is 96.6 Å². The van der Waals surface area contributed by atoms with E-state index >= 15 is 0 Å². The van der Waals surface area contributed by atoms with E-state index < -0.39 is 11.8 Å². The van der Waals surface area contributed by atoms with Crippen LogP contribution in [0.15, 0.2) is 89.7 Å². The minimum Gasteiger partial charge on any atom is -0.481 e. The van der Waals surface area contributed by atoms with Crippen LogP contribution in [0.25, 0.3) is 39.9 Å². The number of para-hydroxylation sites is 1. The second kappa shape index (κ2) is 11.6. The normalized spacial score (nSPS) is 16.9. The molecule has 1 fully saturated rings. The maximum Gasteiger partial charge on any atom is 0.306 e. The Bertz CT molecular complexity index is 1680. The van der Waals surface area contributed by atoms with Crippen LogP contribution in [0.1, 0.15) is 31.2 Å². The van der Waals surface area contributed by atoms with E-state index in [9.17, 15) is 14.3 Å². The van der Waals surface area contributed by atoms with Crippen molar-refractivity contribution in [2.75, 3.05) is 0 Å². The second-order valence-corrected chi connectivity index (χ2v) is 10.1. The lowest BCUT2D eigenvalue weighted by Gasteiger charge is -2.08. The molecule has 0 saturated heterocycles. The van der Waals surface area contributed by atoms with Crippen LogP contribution in [0.4, 0.5) is 4.39 Å². The Hall–Kier alpha value is -4.99. The number of carboxylic acids is 1. The quantitative estimate of drug-likeness (QED) is 0.216. The molecule has 0 spiro atoms. The summed E-state index contributed by atoms with van der Waals surface area (Å²) in [5.74, 6) is -0.280. The number of aromatic nitrogens is 6. The Morgan fingerprint density at radius 3 is 2.59 bits per heavy atom. The van der Waals surface area contributed by atoms with Gasteiger partial charge in [0.15, 0.2) is 5.69 Å². The molecule has 9 nitrogen and oxygen atoms in total. The molecule has 1 aliphatic carbocycles. The zero-order valence-corrected chi connectivity index (χ0v) is 22.1. The van der Waals surface area contributed by atoms with Crippen molar-refractivity contribution in [1.82, 2.24) is 30.1 Å². The molecule has 1 unspecified atom stereocenters. The van der Waals surface area contributed by atoms with E-state index in [1.165, 1.54) is 10.7 Å².